The van der Waals surface area contributed by atoms with Crippen molar-refractivity contribution in [2.24, 2.45) is 7.05 Å². The van der Waals surface area contributed by atoms with Crippen LogP contribution in [0.2, 0.25) is 0 Å². The molecule has 2 heterocycles. The Hall–Kier alpha value is -0.870. The second kappa shape index (κ2) is 3.25. The molecule has 0 bridgehead atoms. The number of hydrogen-bond acceptors (Lipinski definition) is 3. The summed E-state index contributed by atoms with van der Waals surface area (Å²) in [4.78, 5) is 0. The molecule has 1 aromatic heterocycles. The summed E-state index contributed by atoms with van der Waals surface area (Å²) in [5.74, 6) is 0. The molecule has 1 aliphatic heterocycles. The second-order valence-corrected chi connectivity index (χ2v) is 3.09. The summed E-state index contributed by atoms with van der Waals surface area (Å²) in [6.07, 6.45) is 1.84. The van der Waals surface area contributed by atoms with Crippen LogP contribution >= 0.6 is 0 Å². The Morgan fingerprint density at radius 1 is 1.58 bits per heavy atom. The van der Waals surface area contributed by atoms with Gasteiger partial charge in [-0.2, -0.15) is 5.10 Å². The summed E-state index contributed by atoms with van der Waals surface area (Å²) < 4.78 is 1.92. The minimum absolute atomic E-state index is 0.422. The Kier molecular flexibility index (Phi) is 2.10. The van der Waals surface area contributed by atoms with E-state index < -0.39 is 0 Å². The molecule has 2 N–H and O–H groups in total. The molecule has 2 rings (SSSR count). The molecule has 0 spiro atoms. The van der Waals surface area contributed by atoms with E-state index in [0.29, 0.717) is 6.04 Å². The standard InChI is InChI=1S/C8H14N4/c1-12-8(2-3-11-12)7-6-9-4-5-10-7/h2-3,7,9-10H,4-6H2,1H3. The third-order valence-electron chi connectivity index (χ3n) is 2.26. The maximum Gasteiger partial charge on any atom is 0.0618 e. The highest BCUT2D eigenvalue weighted by Crippen LogP contribution is 2.11. The summed E-state index contributed by atoms with van der Waals surface area (Å²) in [6.45, 7) is 3.10. The highest BCUT2D eigenvalue weighted by Gasteiger charge is 2.16. The van der Waals surface area contributed by atoms with Gasteiger partial charge in [0.05, 0.1) is 11.7 Å². The predicted octanol–water partition coefficient (Wildman–Crippen LogP) is -0.346. The van der Waals surface area contributed by atoms with E-state index in [1.807, 2.05) is 17.9 Å². The van der Waals surface area contributed by atoms with Crippen LogP contribution in [0.25, 0.3) is 0 Å². The summed E-state index contributed by atoms with van der Waals surface area (Å²) in [7, 11) is 1.98. The molecule has 1 fully saturated rings. The molecule has 0 radical (unpaired) electrons. The van der Waals surface area contributed by atoms with Gasteiger partial charge in [0.15, 0.2) is 0 Å². The van der Waals surface area contributed by atoms with Crippen LogP contribution in [-0.4, -0.2) is 29.4 Å². The lowest BCUT2D eigenvalue weighted by molar-refractivity contribution is 0.411. The Bertz CT molecular complexity index is 249. The van der Waals surface area contributed by atoms with Crippen molar-refractivity contribution in [1.29, 1.82) is 0 Å². The summed E-state index contributed by atoms with van der Waals surface area (Å²) in [6, 6.07) is 2.48. The van der Waals surface area contributed by atoms with Gasteiger partial charge in [-0.3, -0.25) is 4.68 Å². The first-order valence-electron chi connectivity index (χ1n) is 4.30. The van der Waals surface area contributed by atoms with E-state index in [9.17, 15) is 0 Å². The molecule has 4 heteroatoms. The molecule has 1 aliphatic rings. The first kappa shape index (κ1) is 7.76. The molecule has 0 saturated carbocycles. The van der Waals surface area contributed by atoms with Gasteiger partial charge in [-0.05, 0) is 6.07 Å². The molecule has 4 nitrogen and oxygen atoms in total. The Morgan fingerprint density at radius 2 is 2.50 bits per heavy atom. The topological polar surface area (TPSA) is 41.9 Å². The minimum Gasteiger partial charge on any atom is -0.314 e. The van der Waals surface area contributed by atoms with Gasteiger partial charge in [-0.1, -0.05) is 0 Å². The molecule has 1 aromatic rings. The second-order valence-electron chi connectivity index (χ2n) is 3.09. The minimum atomic E-state index is 0.422. The van der Waals surface area contributed by atoms with Gasteiger partial charge < -0.3 is 10.6 Å². The van der Waals surface area contributed by atoms with Crippen molar-refractivity contribution < 1.29 is 0 Å². The molecular formula is C8H14N4. The van der Waals surface area contributed by atoms with Gasteiger partial charge in [-0.15, -0.1) is 0 Å². The van der Waals surface area contributed by atoms with E-state index in [1.165, 1.54) is 5.69 Å². The van der Waals surface area contributed by atoms with E-state index in [2.05, 4.69) is 21.8 Å². The quantitative estimate of drug-likeness (QED) is 0.599. The monoisotopic (exact) mass is 166 g/mol. The average Bonchev–Trinajstić information content (AvgIpc) is 2.53. The molecule has 1 unspecified atom stereocenters. The lowest BCUT2D eigenvalue weighted by Gasteiger charge is -2.24. The molecule has 1 saturated heterocycles. The molecule has 12 heavy (non-hydrogen) atoms. The Balaban J connectivity index is 2.13. The predicted molar refractivity (Wildman–Crippen MR) is 46.8 cm³/mol. The van der Waals surface area contributed by atoms with E-state index in [0.717, 1.165) is 19.6 Å². The number of nitrogens with zero attached hydrogens (tertiary/aromatic N) is 2. The summed E-state index contributed by atoms with van der Waals surface area (Å²) in [5.41, 5.74) is 1.25. The van der Waals surface area contributed by atoms with Gasteiger partial charge in [0.2, 0.25) is 0 Å². The van der Waals surface area contributed by atoms with Crippen LogP contribution in [0.3, 0.4) is 0 Å². The number of aryl methyl sites for hydroxylation is 1. The first-order chi connectivity index (χ1) is 5.88. The van der Waals surface area contributed by atoms with Crippen molar-refractivity contribution in [2.45, 2.75) is 6.04 Å². The molecule has 0 amide bonds. The number of hydrogen-bond donors (Lipinski definition) is 2. The zero-order chi connectivity index (χ0) is 8.39. The van der Waals surface area contributed by atoms with Crippen molar-refractivity contribution in [3.8, 4) is 0 Å². The van der Waals surface area contributed by atoms with Crippen LogP contribution in [0, 0.1) is 0 Å². The number of aromatic nitrogens is 2. The van der Waals surface area contributed by atoms with E-state index in [4.69, 9.17) is 0 Å². The molecule has 0 aromatic carbocycles. The van der Waals surface area contributed by atoms with Gasteiger partial charge >= 0.3 is 0 Å². The number of nitrogens with one attached hydrogen (secondary N) is 2. The average molecular weight is 166 g/mol. The summed E-state index contributed by atoms with van der Waals surface area (Å²) in [5, 5.41) is 10.9. The fourth-order valence-electron chi connectivity index (χ4n) is 1.59. The normalized spacial score (nSPS) is 24.2. The van der Waals surface area contributed by atoms with Crippen LogP contribution in [-0.2, 0) is 7.05 Å². The highest BCUT2D eigenvalue weighted by atomic mass is 15.3. The third-order valence-corrected chi connectivity index (χ3v) is 2.26. The van der Waals surface area contributed by atoms with Crippen molar-refractivity contribution >= 4 is 0 Å². The lowest BCUT2D eigenvalue weighted by Crippen LogP contribution is -2.43. The van der Waals surface area contributed by atoms with E-state index >= 15 is 0 Å². The Labute approximate surface area is 72.0 Å². The van der Waals surface area contributed by atoms with Crippen molar-refractivity contribution in [2.75, 3.05) is 19.6 Å². The number of rotatable bonds is 1. The van der Waals surface area contributed by atoms with E-state index in [-0.39, 0.29) is 0 Å². The van der Waals surface area contributed by atoms with Crippen molar-refractivity contribution in [1.82, 2.24) is 20.4 Å². The summed E-state index contributed by atoms with van der Waals surface area (Å²) >= 11 is 0. The van der Waals surface area contributed by atoms with Gasteiger partial charge in [0, 0.05) is 32.9 Å². The molecular weight excluding hydrogens is 152 g/mol. The van der Waals surface area contributed by atoms with Crippen LogP contribution in [0.4, 0.5) is 0 Å². The fraction of sp³-hybridized carbons (Fsp3) is 0.625. The van der Waals surface area contributed by atoms with Crippen LogP contribution < -0.4 is 10.6 Å². The smallest absolute Gasteiger partial charge is 0.0618 e. The van der Waals surface area contributed by atoms with Crippen molar-refractivity contribution in [3.05, 3.63) is 18.0 Å². The zero-order valence-corrected chi connectivity index (χ0v) is 7.25. The van der Waals surface area contributed by atoms with Gasteiger partial charge in [0.25, 0.3) is 0 Å². The largest absolute Gasteiger partial charge is 0.314 e. The molecule has 0 aliphatic carbocycles. The fourth-order valence-corrected chi connectivity index (χ4v) is 1.59. The SMILES string of the molecule is Cn1nccc1C1CNCCN1. The lowest BCUT2D eigenvalue weighted by atomic mass is 10.2. The van der Waals surface area contributed by atoms with Crippen LogP contribution in [0.5, 0.6) is 0 Å². The third kappa shape index (κ3) is 1.35. The number of piperazine rings is 1. The zero-order valence-electron chi connectivity index (χ0n) is 7.25. The maximum absolute atomic E-state index is 4.14. The van der Waals surface area contributed by atoms with Crippen molar-refractivity contribution in [3.63, 3.8) is 0 Å². The highest BCUT2D eigenvalue weighted by molar-refractivity contribution is 5.08. The molecule has 66 valence electrons. The Morgan fingerprint density at radius 3 is 3.08 bits per heavy atom. The van der Waals surface area contributed by atoms with Crippen LogP contribution in [0.15, 0.2) is 12.3 Å². The van der Waals surface area contributed by atoms with Crippen LogP contribution in [0.1, 0.15) is 11.7 Å². The molecule has 1 atom stereocenters. The van der Waals surface area contributed by atoms with Gasteiger partial charge in [0.1, 0.15) is 0 Å². The maximum atomic E-state index is 4.14. The first-order valence-corrected chi connectivity index (χ1v) is 4.30. The van der Waals surface area contributed by atoms with Gasteiger partial charge in [-0.25, -0.2) is 0 Å². The van der Waals surface area contributed by atoms with E-state index in [1.54, 1.807) is 0 Å².